The molecule has 1 aromatic heterocycles. The highest BCUT2D eigenvalue weighted by Crippen LogP contribution is 2.14. The lowest BCUT2D eigenvalue weighted by molar-refractivity contribution is -0.138. The molecule has 106 valence electrons. The molecule has 0 fully saturated rings. The van der Waals surface area contributed by atoms with Crippen molar-refractivity contribution in [1.29, 1.82) is 0 Å². The van der Waals surface area contributed by atoms with E-state index in [1.807, 2.05) is 27.7 Å². The van der Waals surface area contributed by atoms with Gasteiger partial charge in [0, 0.05) is 0 Å². The molecule has 0 aliphatic carbocycles. The van der Waals surface area contributed by atoms with E-state index in [2.05, 4.69) is 15.3 Å². The molecule has 2 N–H and O–H groups in total. The quantitative estimate of drug-likeness (QED) is 0.786. The zero-order valence-corrected chi connectivity index (χ0v) is 11.8. The molecule has 1 heterocycles. The van der Waals surface area contributed by atoms with Crippen molar-refractivity contribution in [3.05, 3.63) is 12.4 Å². The third-order valence-electron chi connectivity index (χ3n) is 2.41. The van der Waals surface area contributed by atoms with E-state index in [1.165, 1.54) is 12.4 Å². The van der Waals surface area contributed by atoms with Gasteiger partial charge in [0.05, 0.1) is 19.0 Å². The van der Waals surface area contributed by atoms with Crippen LogP contribution in [0, 0.1) is 11.8 Å². The molecule has 1 atom stereocenters. The summed E-state index contributed by atoms with van der Waals surface area (Å²) in [6, 6.07) is -0.699. The Labute approximate surface area is 113 Å². The van der Waals surface area contributed by atoms with Gasteiger partial charge in [-0.05, 0) is 11.8 Å². The highest BCUT2D eigenvalue weighted by Gasteiger charge is 2.21. The zero-order valence-electron chi connectivity index (χ0n) is 11.8. The highest BCUT2D eigenvalue weighted by atomic mass is 16.5. The van der Waals surface area contributed by atoms with Crippen LogP contribution in [0.1, 0.15) is 27.7 Å². The van der Waals surface area contributed by atoms with Crippen LogP contribution in [0.4, 0.5) is 5.82 Å². The maximum atomic E-state index is 11.1. The lowest BCUT2D eigenvalue weighted by Crippen LogP contribution is -2.34. The fraction of sp³-hybridized carbons (Fsp3) is 0.615. The minimum absolute atomic E-state index is 0.0560. The standard InChI is InChI=1S/C13H21N3O3/c1-8(2)7-19-11-6-14-5-10(15-11)16-12(9(3)4)13(17)18/h5-6,8-9,12H,7H2,1-4H3,(H,15,16)(H,17,18)/t12-/m0/s1. The van der Waals surface area contributed by atoms with Gasteiger partial charge in [0.1, 0.15) is 11.9 Å². The molecule has 0 saturated heterocycles. The van der Waals surface area contributed by atoms with Gasteiger partial charge in [-0.25, -0.2) is 4.79 Å². The lowest BCUT2D eigenvalue weighted by atomic mass is 10.1. The normalized spacial score (nSPS) is 12.5. The Hall–Kier alpha value is -1.85. The summed E-state index contributed by atoms with van der Waals surface area (Å²) in [5.74, 6) is 0.222. The molecule has 0 bridgehead atoms. The Morgan fingerprint density at radius 3 is 2.58 bits per heavy atom. The van der Waals surface area contributed by atoms with Crippen molar-refractivity contribution in [3.8, 4) is 5.88 Å². The first-order chi connectivity index (χ1) is 8.90. The monoisotopic (exact) mass is 267 g/mol. The van der Waals surface area contributed by atoms with Crippen molar-refractivity contribution in [1.82, 2.24) is 9.97 Å². The molecule has 0 aliphatic heterocycles. The highest BCUT2D eigenvalue weighted by molar-refractivity contribution is 5.77. The Morgan fingerprint density at radius 1 is 1.37 bits per heavy atom. The van der Waals surface area contributed by atoms with Crippen LogP contribution in [-0.4, -0.2) is 33.7 Å². The molecule has 19 heavy (non-hydrogen) atoms. The van der Waals surface area contributed by atoms with E-state index in [0.29, 0.717) is 24.2 Å². The Kier molecular flexibility index (Phi) is 5.54. The third-order valence-corrected chi connectivity index (χ3v) is 2.41. The van der Waals surface area contributed by atoms with Crippen LogP contribution in [0.25, 0.3) is 0 Å². The maximum Gasteiger partial charge on any atom is 0.326 e. The predicted octanol–water partition coefficient (Wildman–Crippen LogP) is 2.03. The molecule has 6 heteroatoms. The molecule has 0 radical (unpaired) electrons. The van der Waals surface area contributed by atoms with Crippen LogP contribution in [0.15, 0.2) is 12.4 Å². The summed E-state index contributed by atoms with van der Waals surface area (Å²) in [5, 5.41) is 12.0. The summed E-state index contributed by atoms with van der Waals surface area (Å²) in [4.78, 5) is 19.3. The van der Waals surface area contributed by atoms with Crippen molar-refractivity contribution in [3.63, 3.8) is 0 Å². The van der Waals surface area contributed by atoms with Gasteiger partial charge in [0.25, 0.3) is 0 Å². The minimum atomic E-state index is -0.912. The Bertz CT molecular complexity index is 421. The number of carbonyl (C=O) groups is 1. The number of hydrogen-bond donors (Lipinski definition) is 2. The summed E-state index contributed by atoms with van der Waals surface area (Å²) >= 11 is 0. The summed E-state index contributed by atoms with van der Waals surface area (Å²) in [7, 11) is 0. The van der Waals surface area contributed by atoms with Crippen molar-refractivity contribution >= 4 is 11.8 Å². The van der Waals surface area contributed by atoms with E-state index in [4.69, 9.17) is 9.84 Å². The predicted molar refractivity (Wildman–Crippen MR) is 72.2 cm³/mol. The molecule has 0 unspecified atom stereocenters. The first-order valence-corrected chi connectivity index (χ1v) is 6.34. The second-order valence-corrected chi connectivity index (χ2v) is 5.15. The molecule has 0 aliphatic rings. The molecule has 0 spiro atoms. The van der Waals surface area contributed by atoms with Gasteiger partial charge in [0.15, 0.2) is 0 Å². The first-order valence-electron chi connectivity index (χ1n) is 6.34. The molecule has 1 rings (SSSR count). The Balaban J connectivity index is 2.73. The average Bonchev–Trinajstić information content (AvgIpc) is 2.33. The van der Waals surface area contributed by atoms with Gasteiger partial charge in [-0.1, -0.05) is 27.7 Å². The van der Waals surface area contributed by atoms with Crippen LogP contribution in [0.2, 0.25) is 0 Å². The first kappa shape index (κ1) is 15.2. The van der Waals surface area contributed by atoms with Crippen molar-refractivity contribution < 1.29 is 14.6 Å². The van der Waals surface area contributed by atoms with Crippen LogP contribution < -0.4 is 10.1 Å². The lowest BCUT2D eigenvalue weighted by Gasteiger charge is -2.18. The number of ether oxygens (including phenoxy) is 1. The maximum absolute atomic E-state index is 11.1. The summed E-state index contributed by atoms with van der Waals surface area (Å²) in [6.07, 6.45) is 3.00. The van der Waals surface area contributed by atoms with Crippen LogP contribution in [0.3, 0.4) is 0 Å². The van der Waals surface area contributed by atoms with Gasteiger partial charge in [-0.15, -0.1) is 0 Å². The third kappa shape index (κ3) is 5.11. The van der Waals surface area contributed by atoms with Gasteiger partial charge in [0.2, 0.25) is 5.88 Å². The zero-order chi connectivity index (χ0) is 14.4. The van der Waals surface area contributed by atoms with E-state index in [1.54, 1.807) is 0 Å². The summed E-state index contributed by atoms with van der Waals surface area (Å²) < 4.78 is 5.45. The van der Waals surface area contributed by atoms with Crippen LogP contribution in [0.5, 0.6) is 5.88 Å². The van der Waals surface area contributed by atoms with Gasteiger partial charge >= 0.3 is 5.97 Å². The molecule has 0 aromatic carbocycles. The largest absolute Gasteiger partial charge is 0.480 e. The topological polar surface area (TPSA) is 84.3 Å². The fourth-order valence-corrected chi connectivity index (χ4v) is 1.41. The van der Waals surface area contributed by atoms with E-state index in [-0.39, 0.29) is 5.92 Å². The molecular weight excluding hydrogens is 246 g/mol. The SMILES string of the molecule is CC(C)COc1cncc(N[C@H](C(=O)O)C(C)C)n1. The van der Waals surface area contributed by atoms with Gasteiger partial charge < -0.3 is 15.2 Å². The van der Waals surface area contributed by atoms with E-state index in [0.717, 1.165) is 0 Å². The van der Waals surface area contributed by atoms with Crippen molar-refractivity contribution in [2.24, 2.45) is 11.8 Å². The molecule has 0 saturated carbocycles. The number of rotatable bonds is 7. The average molecular weight is 267 g/mol. The molecule has 1 aromatic rings. The van der Waals surface area contributed by atoms with Crippen LogP contribution in [-0.2, 0) is 4.79 Å². The van der Waals surface area contributed by atoms with E-state index in [9.17, 15) is 4.79 Å². The number of nitrogens with zero attached hydrogens (tertiary/aromatic N) is 2. The number of carboxylic acids is 1. The molecule has 6 nitrogen and oxygen atoms in total. The van der Waals surface area contributed by atoms with E-state index < -0.39 is 12.0 Å². The number of carboxylic acid groups (broad SMARTS) is 1. The van der Waals surface area contributed by atoms with Crippen LogP contribution >= 0.6 is 0 Å². The summed E-state index contributed by atoms with van der Waals surface area (Å²) in [5.41, 5.74) is 0. The number of aromatic nitrogens is 2. The number of nitrogens with one attached hydrogen (secondary N) is 1. The molecular formula is C13H21N3O3. The second-order valence-electron chi connectivity index (χ2n) is 5.15. The Morgan fingerprint density at radius 2 is 2.05 bits per heavy atom. The fourth-order valence-electron chi connectivity index (χ4n) is 1.41. The second kappa shape index (κ2) is 6.92. The van der Waals surface area contributed by atoms with E-state index >= 15 is 0 Å². The number of aliphatic carboxylic acids is 1. The number of anilines is 1. The van der Waals surface area contributed by atoms with Gasteiger partial charge in [-0.3, -0.25) is 4.98 Å². The smallest absolute Gasteiger partial charge is 0.326 e. The molecule has 0 amide bonds. The minimum Gasteiger partial charge on any atom is -0.480 e. The van der Waals surface area contributed by atoms with Gasteiger partial charge in [-0.2, -0.15) is 4.98 Å². The number of hydrogen-bond acceptors (Lipinski definition) is 5. The van der Waals surface area contributed by atoms with Crippen molar-refractivity contribution in [2.75, 3.05) is 11.9 Å². The summed E-state index contributed by atoms with van der Waals surface area (Å²) in [6.45, 7) is 8.28. The van der Waals surface area contributed by atoms with Crippen molar-refractivity contribution in [2.45, 2.75) is 33.7 Å².